The lowest BCUT2D eigenvalue weighted by Crippen LogP contribution is -2.36. The maximum absolute atomic E-state index is 12.8. The van der Waals surface area contributed by atoms with Gasteiger partial charge in [0.05, 0.1) is 0 Å². The largest absolute Gasteiger partial charge is 0.481 e. The van der Waals surface area contributed by atoms with Gasteiger partial charge in [0, 0.05) is 6.54 Å². The highest BCUT2D eigenvalue weighted by atomic mass is 19.1. The maximum atomic E-state index is 12.8. The first-order valence-electron chi connectivity index (χ1n) is 7.80. The van der Waals surface area contributed by atoms with E-state index >= 15 is 0 Å². The molecule has 0 aromatic heterocycles. The molecule has 1 atom stereocenters. The number of hydrogen-bond acceptors (Lipinski definition) is 2. The minimum atomic E-state index is -0.539. The SMILES string of the molecule is Cc1cccc(O[C@H](C)C(=O)NCCCc2ccc(F)cc2)c1. The van der Waals surface area contributed by atoms with E-state index in [0.717, 1.165) is 24.0 Å². The van der Waals surface area contributed by atoms with Gasteiger partial charge < -0.3 is 10.1 Å². The molecule has 0 aliphatic rings. The molecule has 0 spiro atoms. The van der Waals surface area contributed by atoms with E-state index in [2.05, 4.69) is 5.32 Å². The van der Waals surface area contributed by atoms with Crippen LogP contribution in [0.1, 0.15) is 24.5 Å². The summed E-state index contributed by atoms with van der Waals surface area (Å²) in [6.07, 6.45) is 1.06. The van der Waals surface area contributed by atoms with Crippen molar-refractivity contribution < 1.29 is 13.9 Å². The number of hydrogen-bond donors (Lipinski definition) is 1. The number of rotatable bonds is 7. The normalized spacial score (nSPS) is 11.8. The minimum absolute atomic E-state index is 0.134. The number of ether oxygens (including phenoxy) is 1. The molecule has 1 N–H and O–H groups in total. The maximum Gasteiger partial charge on any atom is 0.260 e. The zero-order valence-electron chi connectivity index (χ0n) is 13.5. The fourth-order valence-corrected chi connectivity index (χ4v) is 2.25. The topological polar surface area (TPSA) is 38.3 Å². The van der Waals surface area contributed by atoms with Crippen LogP contribution < -0.4 is 10.1 Å². The second-order valence-corrected chi connectivity index (χ2v) is 5.60. The van der Waals surface area contributed by atoms with Gasteiger partial charge in [-0.3, -0.25) is 4.79 Å². The second kappa shape index (κ2) is 8.32. The first-order chi connectivity index (χ1) is 11.0. The van der Waals surface area contributed by atoms with Crippen molar-refractivity contribution in [1.29, 1.82) is 0 Å². The Bertz CT molecular complexity index is 640. The van der Waals surface area contributed by atoms with Crippen molar-refractivity contribution in [2.24, 2.45) is 0 Å². The van der Waals surface area contributed by atoms with Gasteiger partial charge in [-0.05, 0) is 62.1 Å². The summed E-state index contributed by atoms with van der Waals surface area (Å²) in [5.41, 5.74) is 2.15. The Morgan fingerprint density at radius 2 is 1.96 bits per heavy atom. The average Bonchev–Trinajstić information content (AvgIpc) is 2.53. The highest BCUT2D eigenvalue weighted by Gasteiger charge is 2.13. The third kappa shape index (κ3) is 5.74. The molecule has 122 valence electrons. The summed E-state index contributed by atoms with van der Waals surface area (Å²) in [5, 5.41) is 2.86. The van der Waals surface area contributed by atoms with Crippen LogP contribution in [0.4, 0.5) is 4.39 Å². The van der Waals surface area contributed by atoms with Gasteiger partial charge in [0.2, 0.25) is 0 Å². The van der Waals surface area contributed by atoms with Crippen LogP contribution in [0.2, 0.25) is 0 Å². The monoisotopic (exact) mass is 315 g/mol. The Morgan fingerprint density at radius 3 is 2.65 bits per heavy atom. The van der Waals surface area contributed by atoms with E-state index in [1.54, 1.807) is 19.1 Å². The number of aryl methyl sites for hydroxylation is 2. The fourth-order valence-electron chi connectivity index (χ4n) is 2.25. The van der Waals surface area contributed by atoms with E-state index in [4.69, 9.17) is 4.74 Å². The molecule has 0 saturated carbocycles. The lowest BCUT2D eigenvalue weighted by Gasteiger charge is -2.15. The van der Waals surface area contributed by atoms with Crippen molar-refractivity contribution in [3.8, 4) is 5.75 Å². The van der Waals surface area contributed by atoms with Crippen LogP contribution in [0.5, 0.6) is 5.75 Å². The van der Waals surface area contributed by atoms with Crippen LogP contribution in [-0.4, -0.2) is 18.6 Å². The number of halogens is 1. The molecule has 23 heavy (non-hydrogen) atoms. The molecule has 0 fully saturated rings. The van der Waals surface area contributed by atoms with E-state index in [9.17, 15) is 9.18 Å². The smallest absolute Gasteiger partial charge is 0.260 e. The van der Waals surface area contributed by atoms with Gasteiger partial charge in [0.1, 0.15) is 11.6 Å². The molecule has 0 radical (unpaired) electrons. The van der Waals surface area contributed by atoms with E-state index in [1.165, 1.54) is 12.1 Å². The number of amides is 1. The van der Waals surface area contributed by atoms with Crippen molar-refractivity contribution in [3.05, 3.63) is 65.5 Å². The van der Waals surface area contributed by atoms with Crippen LogP contribution in [-0.2, 0) is 11.2 Å². The summed E-state index contributed by atoms with van der Waals surface area (Å²) in [6, 6.07) is 14.0. The van der Waals surface area contributed by atoms with E-state index in [1.807, 2.05) is 31.2 Å². The first-order valence-corrected chi connectivity index (χ1v) is 7.80. The van der Waals surface area contributed by atoms with Gasteiger partial charge in [-0.25, -0.2) is 4.39 Å². The van der Waals surface area contributed by atoms with Crippen molar-refractivity contribution in [3.63, 3.8) is 0 Å². The third-order valence-electron chi connectivity index (χ3n) is 3.53. The van der Waals surface area contributed by atoms with Gasteiger partial charge >= 0.3 is 0 Å². The fraction of sp³-hybridized carbons (Fsp3) is 0.316. The van der Waals surface area contributed by atoms with Crippen molar-refractivity contribution in [2.75, 3.05) is 6.54 Å². The summed E-state index contributed by atoms with van der Waals surface area (Å²) in [5.74, 6) is 0.328. The highest BCUT2D eigenvalue weighted by molar-refractivity contribution is 5.80. The number of nitrogens with one attached hydrogen (secondary N) is 1. The standard InChI is InChI=1S/C19H22FNO2/c1-14-5-3-7-18(13-14)23-15(2)19(22)21-12-4-6-16-8-10-17(20)11-9-16/h3,5,7-11,13,15H,4,6,12H2,1-2H3,(H,21,22)/t15-/m1/s1. The van der Waals surface area contributed by atoms with E-state index < -0.39 is 6.10 Å². The molecule has 2 aromatic rings. The molecule has 2 aromatic carbocycles. The average molecular weight is 315 g/mol. The zero-order chi connectivity index (χ0) is 16.7. The Labute approximate surface area is 136 Å². The van der Waals surface area contributed by atoms with Crippen LogP contribution in [0.3, 0.4) is 0 Å². The van der Waals surface area contributed by atoms with Crippen LogP contribution in [0.15, 0.2) is 48.5 Å². The lowest BCUT2D eigenvalue weighted by molar-refractivity contribution is -0.127. The number of benzene rings is 2. The number of carbonyl (C=O) groups excluding carboxylic acids is 1. The predicted molar refractivity (Wildman–Crippen MR) is 89.0 cm³/mol. The molecule has 0 aliphatic carbocycles. The quantitative estimate of drug-likeness (QED) is 0.792. The van der Waals surface area contributed by atoms with Crippen molar-refractivity contribution in [1.82, 2.24) is 5.32 Å². The molecule has 0 aliphatic heterocycles. The molecule has 0 bridgehead atoms. The molecule has 3 nitrogen and oxygen atoms in total. The van der Waals surface area contributed by atoms with Crippen molar-refractivity contribution >= 4 is 5.91 Å². The van der Waals surface area contributed by atoms with Gasteiger partial charge in [-0.1, -0.05) is 24.3 Å². The van der Waals surface area contributed by atoms with Crippen molar-refractivity contribution in [2.45, 2.75) is 32.8 Å². The van der Waals surface area contributed by atoms with Crippen LogP contribution >= 0.6 is 0 Å². The third-order valence-corrected chi connectivity index (χ3v) is 3.53. The Hall–Kier alpha value is -2.36. The molecule has 0 heterocycles. The summed E-state index contributed by atoms with van der Waals surface area (Å²) in [4.78, 5) is 12.0. The van der Waals surface area contributed by atoms with E-state index in [-0.39, 0.29) is 11.7 Å². The van der Waals surface area contributed by atoms with E-state index in [0.29, 0.717) is 12.3 Å². The first kappa shape index (κ1) is 17.0. The Balaban J connectivity index is 1.70. The Morgan fingerprint density at radius 1 is 1.22 bits per heavy atom. The summed E-state index contributed by atoms with van der Waals surface area (Å²) >= 11 is 0. The van der Waals surface area contributed by atoms with Gasteiger partial charge in [-0.15, -0.1) is 0 Å². The molecular weight excluding hydrogens is 293 g/mol. The summed E-state index contributed by atoms with van der Waals surface area (Å²) in [7, 11) is 0. The van der Waals surface area contributed by atoms with Crippen LogP contribution in [0, 0.1) is 12.7 Å². The Kier molecular flexibility index (Phi) is 6.15. The van der Waals surface area contributed by atoms with Gasteiger partial charge in [0.15, 0.2) is 6.10 Å². The van der Waals surface area contributed by atoms with Crippen LogP contribution in [0.25, 0.3) is 0 Å². The zero-order valence-corrected chi connectivity index (χ0v) is 13.5. The predicted octanol–water partition coefficient (Wildman–Crippen LogP) is 3.65. The summed E-state index contributed by atoms with van der Waals surface area (Å²) in [6.45, 7) is 4.28. The minimum Gasteiger partial charge on any atom is -0.481 e. The van der Waals surface area contributed by atoms with Gasteiger partial charge in [0.25, 0.3) is 5.91 Å². The summed E-state index contributed by atoms with van der Waals surface area (Å²) < 4.78 is 18.4. The highest BCUT2D eigenvalue weighted by Crippen LogP contribution is 2.14. The molecule has 2 rings (SSSR count). The molecule has 0 unspecified atom stereocenters. The molecule has 4 heteroatoms. The van der Waals surface area contributed by atoms with Gasteiger partial charge in [-0.2, -0.15) is 0 Å². The molecule has 0 saturated heterocycles. The number of carbonyl (C=O) groups is 1. The molecular formula is C19H22FNO2. The second-order valence-electron chi connectivity index (χ2n) is 5.60. The molecule has 1 amide bonds. The lowest BCUT2D eigenvalue weighted by atomic mass is 10.1.